The number of nitrogens with one attached hydrogen (secondary N) is 1. The van der Waals surface area contributed by atoms with Crippen LogP contribution in [0.25, 0.3) is 32.4 Å². The summed E-state index contributed by atoms with van der Waals surface area (Å²) in [7, 11) is 1.54. The van der Waals surface area contributed by atoms with Crippen LogP contribution >= 0.6 is 11.3 Å². The Bertz CT molecular complexity index is 1560. The zero-order valence-electron chi connectivity index (χ0n) is 19.8. The molecule has 3 N–H and O–H groups in total. The summed E-state index contributed by atoms with van der Waals surface area (Å²) in [5, 5.41) is 4.30. The predicted molar refractivity (Wildman–Crippen MR) is 138 cm³/mol. The molecule has 2 saturated heterocycles. The third-order valence-electron chi connectivity index (χ3n) is 7.90. The van der Waals surface area contributed by atoms with Crippen molar-refractivity contribution in [1.82, 2.24) is 24.8 Å². The molecule has 0 radical (unpaired) electrons. The second-order valence-corrected chi connectivity index (χ2v) is 10.9. The standard InChI is InChI=1S/C25H26FN7O2S/c1-35-25-29-17-9-18(15-7-8-16(26)21-20(15)30-24(27)36-21)33(12-3-2-4-12)23(34)19(17)22(31-25)32-13-5-6-14(32)11-28-10-13/h7-9,12-14,28H,2-6,10-11H2,1H3,(H2,27,30). The molecule has 9 nitrogen and oxygen atoms in total. The number of piperazine rings is 1. The summed E-state index contributed by atoms with van der Waals surface area (Å²) in [4.78, 5) is 30.4. The highest BCUT2D eigenvalue weighted by molar-refractivity contribution is 7.22. The lowest BCUT2D eigenvalue weighted by molar-refractivity contribution is 0.310. The molecular formula is C25H26FN7O2S. The zero-order chi connectivity index (χ0) is 24.6. The van der Waals surface area contributed by atoms with Gasteiger partial charge in [0.2, 0.25) is 0 Å². The van der Waals surface area contributed by atoms with E-state index < -0.39 is 0 Å². The summed E-state index contributed by atoms with van der Waals surface area (Å²) >= 11 is 1.11. The molecule has 3 aliphatic rings. The Morgan fingerprint density at radius 2 is 1.89 bits per heavy atom. The van der Waals surface area contributed by atoms with Crippen molar-refractivity contribution < 1.29 is 9.13 Å². The Hall–Kier alpha value is -3.31. The van der Waals surface area contributed by atoms with Crippen molar-refractivity contribution in [2.24, 2.45) is 0 Å². The number of halogens is 1. The minimum Gasteiger partial charge on any atom is -0.467 e. The molecule has 2 unspecified atom stereocenters. The van der Waals surface area contributed by atoms with Gasteiger partial charge in [0.05, 0.1) is 28.5 Å². The summed E-state index contributed by atoms with van der Waals surface area (Å²) in [5.74, 6) is 0.277. The van der Waals surface area contributed by atoms with E-state index in [0.29, 0.717) is 38.2 Å². The minimum absolute atomic E-state index is 0.0580. The van der Waals surface area contributed by atoms with E-state index in [-0.39, 0.29) is 40.6 Å². The number of methoxy groups -OCH3 is 1. The van der Waals surface area contributed by atoms with Crippen LogP contribution in [-0.2, 0) is 0 Å². The van der Waals surface area contributed by atoms with Crippen molar-refractivity contribution in [2.75, 3.05) is 30.8 Å². The van der Waals surface area contributed by atoms with Gasteiger partial charge in [-0.15, -0.1) is 0 Å². The molecule has 5 heterocycles. The van der Waals surface area contributed by atoms with Crippen LogP contribution in [0.4, 0.5) is 15.3 Å². The number of anilines is 2. The summed E-state index contributed by atoms with van der Waals surface area (Å²) in [6, 6.07) is 5.85. The van der Waals surface area contributed by atoms with Gasteiger partial charge in [0, 0.05) is 36.8 Å². The molecule has 4 aromatic rings. The van der Waals surface area contributed by atoms with E-state index in [1.54, 1.807) is 6.07 Å². The molecular weight excluding hydrogens is 481 g/mol. The topological polar surface area (TPSA) is 111 Å². The van der Waals surface area contributed by atoms with Gasteiger partial charge in [-0.05, 0) is 50.3 Å². The van der Waals surface area contributed by atoms with Gasteiger partial charge in [-0.3, -0.25) is 4.79 Å². The number of aromatic nitrogens is 4. The van der Waals surface area contributed by atoms with Gasteiger partial charge < -0.3 is 25.3 Å². The number of nitrogens with zero attached hydrogens (tertiary/aromatic N) is 5. The zero-order valence-corrected chi connectivity index (χ0v) is 20.6. The maximum absolute atomic E-state index is 14.6. The lowest BCUT2D eigenvalue weighted by Crippen LogP contribution is -2.52. The number of pyridine rings is 1. The first-order valence-corrected chi connectivity index (χ1v) is 13.2. The second-order valence-electron chi connectivity index (χ2n) is 9.86. The highest BCUT2D eigenvalue weighted by atomic mass is 32.1. The SMILES string of the molecule is COc1nc(N2C3CCC2CNC3)c2c(=O)n(C3CCC3)c(-c3ccc(F)c4sc(N)nc34)cc2n1. The molecule has 2 bridgehead atoms. The molecule has 0 spiro atoms. The maximum Gasteiger partial charge on any atom is 0.318 e. The predicted octanol–water partition coefficient (Wildman–Crippen LogP) is 3.46. The molecule has 2 atom stereocenters. The monoisotopic (exact) mass is 507 g/mol. The highest BCUT2D eigenvalue weighted by Crippen LogP contribution is 2.41. The second kappa shape index (κ2) is 8.10. The fourth-order valence-electron chi connectivity index (χ4n) is 6.00. The number of fused-ring (bicyclic) bond motifs is 4. The number of thiazole rings is 1. The Morgan fingerprint density at radius 1 is 1.11 bits per heavy atom. The van der Waals surface area contributed by atoms with Gasteiger partial charge in [0.15, 0.2) is 5.13 Å². The van der Waals surface area contributed by atoms with Crippen LogP contribution in [0.3, 0.4) is 0 Å². The molecule has 1 saturated carbocycles. The maximum atomic E-state index is 14.6. The smallest absolute Gasteiger partial charge is 0.318 e. The molecule has 36 heavy (non-hydrogen) atoms. The van der Waals surface area contributed by atoms with E-state index in [9.17, 15) is 9.18 Å². The Morgan fingerprint density at radius 3 is 2.58 bits per heavy atom. The molecule has 2 aliphatic heterocycles. The third-order valence-corrected chi connectivity index (χ3v) is 8.79. The van der Waals surface area contributed by atoms with Crippen LogP contribution in [0.5, 0.6) is 6.01 Å². The average molecular weight is 508 g/mol. The lowest BCUT2D eigenvalue weighted by Gasteiger charge is -2.37. The fraction of sp³-hybridized carbons (Fsp3) is 0.440. The van der Waals surface area contributed by atoms with Crippen LogP contribution in [0.2, 0.25) is 0 Å². The average Bonchev–Trinajstić information content (AvgIpc) is 3.35. The van der Waals surface area contributed by atoms with E-state index in [4.69, 9.17) is 15.5 Å². The van der Waals surface area contributed by atoms with Crippen LogP contribution in [0, 0.1) is 5.82 Å². The van der Waals surface area contributed by atoms with Crippen molar-refractivity contribution in [1.29, 1.82) is 0 Å². The third kappa shape index (κ3) is 3.15. The van der Waals surface area contributed by atoms with E-state index in [1.807, 2.05) is 10.6 Å². The Labute approximate surface area is 210 Å². The van der Waals surface area contributed by atoms with Gasteiger partial charge in [0.25, 0.3) is 5.56 Å². The van der Waals surface area contributed by atoms with Crippen LogP contribution in [-0.4, -0.2) is 51.8 Å². The van der Waals surface area contributed by atoms with Gasteiger partial charge in [-0.25, -0.2) is 9.37 Å². The van der Waals surface area contributed by atoms with Gasteiger partial charge in [0.1, 0.15) is 17.0 Å². The van der Waals surface area contributed by atoms with Gasteiger partial charge >= 0.3 is 6.01 Å². The summed E-state index contributed by atoms with van der Waals surface area (Å²) < 4.78 is 22.3. The van der Waals surface area contributed by atoms with Crippen LogP contribution < -0.4 is 26.2 Å². The van der Waals surface area contributed by atoms with E-state index >= 15 is 0 Å². The van der Waals surface area contributed by atoms with Crippen molar-refractivity contribution in [3.05, 3.63) is 34.4 Å². The van der Waals surface area contributed by atoms with Gasteiger partial charge in [-0.2, -0.15) is 9.97 Å². The van der Waals surface area contributed by atoms with Crippen molar-refractivity contribution in [3.63, 3.8) is 0 Å². The molecule has 1 aliphatic carbocycles. The summed E-state index contributed by atoms with van der Waals surface area (Å²) in [6.07, 6.45) is 4.99. The number of benzene rings is 1. The Balaban J connectivity index is 1.54. The Kier molecular flexibility index (Phi) is 4.94. The normalized spacial score (nSPS) is 21.9. The number of nitrogen functional groups attached to an aromatic ring is 1. The first-order valence-electron chi connectivity index (χ1n) is 12.4. The summed E-state index contributed by atoms with van der Waals surface area (Å²) in [6.45, 7) is 1.72. The lowest BCUT2D eigenvalue weighted by atomic mass is 9.91. The largest absolute Gasteiger partial charge is 0.467 e. The highest BCUT2D eigenvalue weighted by Gasteiger charge is 2.39. The molecule has 7 rings (SSSR count). The quantitative estimate of drug-likeness (QED) is 0.432. The van der Waals surface area contributed by atoms with E-state index in [0.717, 1.165) is 56.5 Å². The minimum atomic E-state index is -0.373. The molecule has 186 valence electrons. The number of ether oxygens (including phenoxy) is 1. The number of nitrogens with two attached hydrogens (primary N) is 1. The van der Waals surface area contributed by atoms with Crippen LogP contribution in [0.15, 0.2) is 23.0 Å². The van der Waals surface area contributed by atoms with Crippen LogP contribution in [0.1, 0.15) is 38.1 Å². The first kappa shape index (κ1) is 21.9. The number of hydrogen-bond acceptors (Lipinski definition) is 9. The van der Waals surface area contributed by atoms with Gasteiger partial charge in [-0.1, -0.05) is 11.3 Å². The summed E-state index contributed by atoms with van der Waals surface area (Å²) in [5.41, 5.74) is 8.16. The van der Waals surface area contributed by atoms with E-state index in [2.05, 4.69) is 20.2 Å². The fourth-order valence-corrected chi connectivity index (χ4v) is 6.76. The van der Waals surface area contributed by atoms with Crippen molar-refractivity contribution >= 4 is 43.4 Å². The van der Waals surface area contributed by atoms with E-state index in [1.165, 1.54) is 13.2 Å². The van der Waals surface area contributed by atoms with Crippen molar-refractivity contribution in [2.45, 2.75) is 50.2 Å². The molecule has 3 fully saturated rings. The van der Waals surface area contributed by atoms with Crippen molar-refractivity contribution in [3.8, 4) is 17.3 Å². The molecule has 1 aromatic carbocycles. The number of hydrogen-bond donors (Lipinski definition) is 2. The first-order chi connectivity index (χ1) is 17.5. The number of rotatable bonds is 4. The molecule has 0 amide bonds. The molecule has 3 aromatic heterocycles. The molecule has 11 heteroatoms.